The predicted octanol–water partition coefficient (Wildman–Crippen LogP) is 1.68. The highest BCUT2D eigenvalue weighted by atomic mass is 32.2. The number of aromatic nitrogens is 3. The van der Waals surface area contributed by atoms with E-state index in [4.69, 9.17) is 21.3 Å². The molecule has 10 nitrogen and oxygen atoms in total. The van der Waals surface area contributed by atoms with Gasteiger partial charge in [-0.2, -0.15) is 23.5 Å². The second kappa shape index (κ2) is 15.2. The van der Waals surface area contributed by atoms with Crippen LogP contribution in [0.1, 0.15) is 17.8 Å². The van der Waals surface area contributed by atoms with E-state index in [1.165, 1.54) is 0 Å². The summed E-state index contributed by atoms with van der Waals surface area (Å²) in [5, 5.41) is 21.9. The largest absolute Gasteiger partial charge is 0.495 e. The number of pyridine rings is 1. The summed E-state index contributed by atoms with van der Waals surface area (Å²) in [6.45, 7) is 2.73. The maximum absolute atomic E-state index is 7.94. The zero-order valence-corrected chi connectivity index (χ0v) is 20.0. The minimum Gasteiger partial charge on any atom is -0.495 e. The van der Waals surface area contributed by atoms with Crippen LogP contribution in [0.2, 0.25) is 0 Å². The summed E-state index contributed by atoms with van der Waals surface area (Å²) in [7, 11) is 1.65. The van der Waals surface area contributed by atoms with Gasteiger partial charge < -0.3 is 31.0 Å². The van der Waals surface area contributed by atoms with Crippen molar-refractivity contribution in [3.63, 3.8) is 0 Å². The molecular weight excluding hydrogens is 446 g/mol. The number of H-pyrrole nitrogens is 1. The summed E-state index contributed by atoms with van der Waals surface area (Å²) in [6.07, 6.45) is 6.13. The van der Waals surface area contributed by atoms with Crippen molar-refractivity contribution in [2.45, 2.75) is 17.9 Å². The highest BCUT2D eigenvalue weighted by molar-refractivity contribution is 7.98. The molecule has 2 aromatic rings. The number of thioether (sulfide) groups is 2. The zero-order chi connectivity index (χ0) is 23.0. The number of methoxy groups -OCH3 is 1. The first-order valence-corrected chi connectivity index (χ1v) is 12.7. The summed E-state index contributed by atoms with van der Waals surface area (Å²) in [5.74, 6) is 4.53. The molecule has 0 saturated carbocycles. The number of hydrogen-bond acceptors (Lipinski definition) is 7. The van der Waals surface area contributed by atoms with Gasteiger partial charge in [0.05, 0.1) is 24.8 Å². The first kappa shape index (κ1) is 25.7. The van der Waals surface area contributed by atoms with Gasteiger partial charge in [0.25, 0.3) is 0 Å². The summed E-state index contributed by atoms with van der Waals surface area (Å²) in [5.41, 5.74) is 7.69. The van der Waals surface area contributed by atoms with E-state index in [0.29, 0.717) is 25.6 Å². The lowest BCUT2D eigenvalue weighted by Gasteiger charge is -2.22. The lowest BCUT2D eigenvalue weighted by Crippen LogP contribution is -2.41. The molecule has 0 aliphatic heterocycles. The average molecular weight is 480 g/mol. The van der Waals surface area contributed by atoms with Crippen LogP contribution in [-0.4, -0.2) is 76.6 Å². The molecule has 0 spiro atoms. The Labute approximate surface area is 197 Å². The predicted molar refractivity (Wildman–Crippen MR) is 134 cm³/mol. The number of aromatic amines is 1. The van der Waals surface area contributed by atoms with E-state index in [-0.39, 0.29) is 5.96 Å². The minimum absolute atomic E-state index is 0.0724. The average Bonchev–Trinajstić information content (AvgIpc) is 3.31. The van der Waals surface area contributed by atoms with Gasteiger partial charge in [-0.05, 0) is 18.6 Å². The Morgan fingerprint density at radius 1 is 1.16 bits per heavy atom. The van der Waals surface area contributed by atoms with Crippen LogP contribution >= 0.6 is 23.5 Å². The van der Waals surface area contributed by atoms with Crippen molar-refractivity contribution in [2.24, 2.45) is 5.73 Å². The van der Waals surface area contributed by atoms with Crippen LogP contribution in [0.4, 0.5) is 0 Å². The van der Waals surface area contributed by atoms with Crippen LogP contribution in [0, 0.1) is 10.8 Å². The monoisotopic (exact) mass is 479 g/mol. The Balaban J connectivity index is 1.52. The molecule has 0 radical (unpaired) electrons. The lowest BCUT2D eigenvalue weighted by atomic mass is 10.3. The smallest absolute Gasteiger partial charge is 0.188 e. The number of ether oxygens (including phenoxy) is 1. The number of imidazole rings is 1. The topological polar surface area (TPSA) is 152 Å². The first-order valence-electron chi connectivity index (χ1n) is 10.4. The molecule has 2 heterocycles. The third-order valence-electron chi connectivity index (χ3n) is 4.41. The number of rotatable bonds is 15. The number of nitrogens with two attached hydrogens (primary N) is 1. The summed E-state index contributed by atoms with van der Waals surface area (Å²) in [6, 6.07) is 3.76. The van der Waals surface area contributed by atoms with Crippen LogP contribution in [-0.2, 0) is 11.5 Å². The molecule has 7 N–H and O–H groups in total. The molecule has 12 heteroatoms. The molecule has 0 atom stereocenters. The molecule has 0 bridgehead atoms. The highest BCUT2D eigenvalue weighted by Crippen LogP contribution is 2.20. The molecule has 0 aromatic carbocycles. The zero-order valence-electron chi connectivity index (χ0n) is 18.4. The van der Waals surface area contributed by atoms with Gasteiger partial charge in [-0.1, -0.05) is 0 Å². The minimum atomic E-state index is 0.0724. The second-order valence-electron chi connectivity index (χ2n) is 6.77. The van der Waals surface area contributed by atoms with Gasteiger partial charge in [-0.15, -0.1) is 0 Å². The van der Waals surface area contributed by atoms with E-state index >= 15 is 0 Å². The van der Waals surface area contributed by atoms with Crippen LogP contribution in [0.5, 0.6) is 5.75 Å². The van der Waals surface area contributed by atoms with Crippen molar-refractivity contribution in [1.29, 1.82) is 10.8 Å². The third-order valence-corrected chi connectivity index (χ3v) is 6.35. The standard InChI is InChI=1S/C20H33N9OS2/c1-30-18-4-2-5-25-17(18)14-32-11-9-29(19(21)22)8-3-6-26-20(23)27-7-10-31-13-16-12-24-15-28-16/h2,4-5,12,15H,3,6-11,13-14H2,1H3,(H3,21,22)(H,24,28)(H3,23,26,27). The summed E-state index contributed by atoms with van der Waals surface area (Å²) < 4.78 is 5.32. The van der Waals surface area contributed by atoms with E-state index in [0.717, 1.165) is 53.1 Å². The van der Waals surface area contributed by atoms with Crippen molar-refractivity contribution in [1.82, 2.24) is 30.5 Å². The first-order chi connectivity index (χ1) is 15.6. The Hall–Kier alpha value is -2.60. The number of nitrogens with one attached hydrogen (secondary N) is 5. The van der Waals surface area contributed by atoms with Gasteiger partial charge in [0.2, 0.25) is 0 Å². The molecular formula is C20H33N9OS2. The van der Waals surface area contributed by atoms with Crippen molar-refractivity contribution in [3.05, 3.63) is 42.2 Å². The van der Waals surface area contributed by atoms with Crippen molar-refractivity contribution >= 4 is 35.4 Å². The maximum Gasteiger partial charge on any atom is 0.188 e. The molecule has 176 valence electrons. The Bertz CT molecular complexity index is 804. The van der Waals surface area contributed by atoms with Gasteiger partial charge in [0.1, 0.15) is 5.75 Å². The van der Waals surface area contributed by atoms with Crippen LogP contribution in [0.15, 0.2) is 30.9 Å². The normalized spacial score (nSPS) is 10.5. The fourth-order valence-electron chi connectivity index (χ4n) is 2.75. The van der Waals surface area contributed by atoms with E-state index in [1.807, 2.05) is 23.2 Å². The Morgan fingerprint density at radius 2 is 1.97 bits per heavy atom. The van der Waals surface area contributed by atoms with Gasteiger partial charge in [-0.3, -0.25) is 15.8 Å². The summed E-state index contributed by atoms with van der Waals surface area (Å²) in [4.78, 5) is 13.3. The van der Waals surface area contributed by atoms with E-state index < -0.39 is 0 Å². The van der Waals surface area contributed by atoms with Crippen LogP contribution < -0.4 is 21.1 Å². The van der Waals surface area contributed by atoms with E-state index in [9.17, 15) is 0 Å². The van der Waals surface area contributed by atoms with Crippen LogP contribution in [0.25, 0.3) is 0 Å². The molecule has 32 heavy (non-hydrogen) atoms. The molecule has 0 saturated heterocycles. The molecule has 2 aromatic heterocycles. The quantitative estimate of drug-likeness (QED) is 0.127. The maximum atomic E-state index is 7.94. The molecule has 2 rings (SSSR count). The summed E-state index contributed by atoms with van der Waals surface area (Å²) >= 11 is 3.51. The van der Waals surface area contributed by atoms with Gasteiger partial charge in [0.15, 0.2) is 11.9 Å². The van der Waals surface area contributed by atoms with E-state index in [1.54, 1.807) is 43.2 Å². The SMILES string of the molecule is COc1cccnc1CSCCN(CCCNC(=N)NCCSCc1c[nH]cn1)C(=N)N. The molecule has 0 amide bonds. The van der Waals surface area contributed by atoms with Crippen LogP contribution in [0.3, 0.4) is 0 Å². The number of nitrogens with zero attached hydrogens (tertiary/aromatic N) is 3. The second-order valence-corrected chi connectivity index (χ2v) is 8.98. The third kappa shape index (κ3) is 10.1. The van der Waals surface area contributed by atoms with Crippen molar-refractivity contribution < 1.29 is 4.74 Å². The fraction of sp³-hybridized carbons (Fsp3) is 0.500. The number of hydrogen-bond donors (Lipinski definition) is 6. The van der Waals surface area contributed by atoms with Crippen molar-refractivity contribution in [3.8, 4) is 5.75 Å². The molecule has 0 aliphatic carbocycles. The van der Waals surface area contributed by atoms with Crippen molar-refractivity contribution in [2.75, 3.05) is 44.8 Å². The van der Waals surface area contributed by atoms with Gasteiger partial charge >= 0.3 is 0 Å². The van der Waals surface area contributed by atoms with Gasteiger partial charge in [0, 0.05) is 61.6 Å². The molecule has 0 unspecified atom stereocenters. The van der Waals surface area contributed by atoms with E-state index in [2.05, 4.69) is 25.6 Å². The Kier molecular flexibility index (Phi) is 12.2. The molecule has 0 fully saturated rings. The highest BCUT2D eigenvalue weighted by Gasteiger charge is 2.08. The lowest BCUT2D eigenvalue weighted by molar-refractivity contribution is 0.408. The fourth-order valence-corrected chi connectivity index (χ4v) is 4.42. The van der Waals surface area contributed by atoms with Gasteiger partial charge in [-0.25, -0.2) is 4.98 Å². The number of guanidine groups is 2. The Morgan fingerprint density at radius 3 is 2.72 bits per heavy atom. The molecule has 0 aliphatic rings.